The zero-order chi connectivity index (χ0) is 25.0. The number of rotatable bonds is 8. The van der Waals surface area contributed by atoms with Gasteiger partial charge in [0.25, 0.3) is 5.91 Å². The summed E-state index contributed by atoms with van der Waals surface area (Å²) in [6.45, 7) is 4.37. The molecule has 0 radical (unpaired) electrons. The number of carbonyl (C=O) groups is 1. The van der Waals surface area contributed by atoms with Crippen LogP contribution in [0, 0.1) is 6.92 Å². The Balaban J connectivity index is 1.57. The molecule has 0 unspecified atom stereocenters. The lowest BCUT2D eigenvalue weighted by Crippen LogP contribution is -2.27. The van der Waals surface area contributed by atoms with E-state index in [1.165, 1.54) is 30.0 Å². The highest BCUT2D eigenvalue weighted by Gasteiger charge is 2.32. The van der Waals surface area contributed by atoms with Crippen molar-refractivity contribution in [2.75, 3.05) is 6.61 Å². The van der Waals surface area contributed by atoms with E-state index in [9.17, 15) is 13.2 Å². The highest BCUT2D eigenvalue weighted by Crippen LogP contribution is 2.36. The molecule has 1 aliphatic rings. The van der Waals surface area contributed by atoms with Gasteiger partial charge in [0.1, 0.15) is 9.22 Å². The van der Waals surface area contributed by atoms with Gasteiger partial charge in [0, 0.05) is 0 Å². The minimum Gasteiger partial charge on any atom is -0.490 e. The number of hydrogen-bond donors (Lipinski definition) is 0. The second-order valence-electron chi connectivity index (χ2n) is 7.74. The Hall–Kier alpha value is -3.14. The van der Waals surface area contributed by atoms with Crippen LogP contribution in [-0.2, 0) is 21.5 Å². The van der Waals surface area contributed by atoms with E-state index in [1.54, 1.807) is 42.2 Å². The molecule has 1 saturated heterocycles. The van der Waals surface area contributed by atoms with Crippen LogP contribution in [-0.4, -0.2) is 30.2 Å². The van der Waals surface area contributed by atoms with Crippen molar-refractivity contribution in [2.24, 2.45) is 0 Å². The number of thiocarbonyl (C=S) groups is 1. The third-order valence-corrected chi connectivity index (χ3v) is 7.76. The van der Waals surface area contributed by atoms with Crippen LogP contribution in [0.4, 0.5) is 0 Å². The minimum absolute atomic E-state index is 0.0525. The maximum absolute atomic E-state index is 13.0. The van der Waals surface area contributed by atoms with Crippen molar-refractivity contribution in [3.8, 4) is 11.5 Å². The van der Waals surface area contributed by atoms with Gasteiger partial charge in [-0.2, -0.15) is 8.42 Å². The van der Waals surface area contributed by atoms with Crippen LogP contribution in [0.1, 0.15) is 23.6 Å². The minimum atomic E-state index is -4.04. The Morgan fingerprint density at radius 1 is 1.00 bits per heavy atom. The van der Waals surface area contributed by atoms with Crippen molar-refractivity contribution in [3.63, 3.8) is 0 Å². The van der Waals surface area contributed by atoms with E-state index in [0.29, 0.717) is 27.9 Å². The van der Waals surface area contributed by atoms with Crippen molar-refractivity contribution in [1.29, 1.82) is 0 Å². The predicted octanol–water partition coefficient (Wildman–Crippen LogP) is 5.56. The normalized spacial score (nSPS) is 15.0. The molecule has 1 fully saturated rings. The fourth-order valence-corrected chi connectivity index (χ4v) is 5.57. The fourth-order valence-electron chi connectivity index (χ4n) is 3.38. The van der Waals surface area contributed by atoms with E-state index >= 15 is 0 Å². The van der Waals surface area contributed by atoms with Crippen LogP contribution in [0.2, 0.25) is 0 Å². The van der Waals surface area contributed by atoms with Crippen LogP contribution >= 0.6 is 24.0 Å². The van der Waals surface area contributed by atoms with Crippen LogP contribution in [0.5, 0.6) is 11.5 Å². The molecule has 9 heteroatoms. The number of aryl methyl sites for hydroxylation is 1. The second kappa shape index (κ2) is 10.6. The molecular weight excluding hydrogens is 502 g/mol. The summed E-state index contributed by atoms with van der Waals surface area (Å²) in [5.41, 5.74) is 2.59. The molecule has 0 saturated carbocycles. The maximum atomic E-state index is 13.0. The summed E-state index contributed by atoms with van der Waals surface area (Å²) < 4.78 is 37.0. The molecule has 0 atom stereocenters. The van der Waals surface area contributed by atoms with Crippen molar-refractivity contribution in [1.82, 2.24) is 4.90 Å². The number of thioether (sulfide) groups is 1. The summed E-state index contributed by atoms with van der Waals surface area (Å²) in [6, 6.07) is 20.9. The first-order valence-electron chi connectivity index (χ1n) is 10.8. The summed E-state index contributed by atoms with van der Waals surface area (Å²) in [4.78, 5) is 15.1. The zero-order valence-corrected chi connectivity index (χ0v) is 21.6. The summed E-state index contributed by atoms with van der Waals surface area (Å²) in [7, 11) is -4.04. The molecule has 1 heterocycles. The van der Waals surface area contributed by atoms with Crippen molar-refractivity contribution < 1.29 is 22.1 Å². The molecule has 0 spiro atoms. The first-order chi connectivity index (χ1) is 16.8. The lowest BCUT2D eigenvalue weighted by molar-refractivity contribution is -0.122. The standard InChI is InChI=1S/C26H23NO5S3/c1-3-31-23-15-20(11-14-22(23)32-35(29,30)21-12-9-18(2)10-13-21)16-24-25(28)27(26(33)34-24)17-19-7-5-4-6-8-19/h4-16H,3,17H2,1-2H3/b24-16+. The number of benzene rings is 3. The predicted molar refractivity (Wildman–Crippen MR) is 142 cm³/mol. The highest BCUT2D eigenvalue weighted by atomic mass is 32.2. The van der Waals surface area contributed by atoms with E-state index < -0.39 is 10.1 Å². The van der Waals surface area contributed by atoms with Gasteiger partial charge in [-0.05, 0) is 55.3 Å². The van der Waals surface area contributed by atoms with Crippen LogP contribution < -0.4 is 8.92 Å². The summed E-state index contributed by atoms with van der Waals surface area (Å²) >= 11 is 6.66. The molecule has 180 valence electrons. The highest BCUT2D eigenvalue weighted by molar-refractivity contribution is 8.26. The Morgan fingerprint density at radius 2 is 1.71 bits per heavy atom. The van der Waals surface area contributed by atoms with Crippen molar-refractivity contribution in [2.45, 2.75) is 25.3 Å². The van der Waals surface area contributed by atoms with Crippen LogP contribution in [0.15, 0.2) is 82.6 Å². The largest absolute Gasteiger partial charge is 0.490 e. The second-order valence-corrected chi connectivity index (χ2v) is 11.0. The van der Waals surface area contributed by atoms with E-state index in [2.05, 4.69) is 0 Å². The van der Waals surface area contributed by atoms with Crippen molar-refractivity contribution in [3.05, 3.63) is 94.4 Å². The topological polar surface area (TPSA) is 72.9 Å². The van der Waals surface area contributed by atoms with Crippen LogP contribution in [0.25, 0.3) is 6.08 Å². The Morgan fingerprint density at radius 3 is 2.40 bits per heavy atom. The summed E-state index contributed by atoms with van der Waals surface area (Å²) in [5, 5.41) is 0. The van der Waals surface area contributed by atoms with Crippen LogP contribution in [0.3, 0.4) is 0 Å². The molecule has 4 rings (SSSR count). The number of ether oxygens (including phenoxy) is 1. The van der Waals surface area contributed by atoms with Gasteiger partial charge < -0.3 is 8.92 Å². The van der Waals surface area contributed by atoms with E-state index in [-0.39, 0.29) is 22.3 Å². The SMILES string of the molecule is CCOc1cc(/C=C2/SC(=S)N(Cc3ccccc3)C2=O)ccc1OS(=O)(=O)c1ccc(C)cc1. The lowest BCUT2D eigenvalue weighted by Gasteiger charge is -2.14. The molecule has 3 aromatic carbocycles. The van der Waals surface area contributed by atoms with Gasteiger partial charge in [-0.25, -0.2) is 0 Å². The first kappa shape index (κ1) is 25.0. The zero-order valence-electron chi connectivity index (χ0n) is 19.1. The van der Waals surface area contributed by atoms with Gasteiger partial charge in [-0.1, -0.05) is 78.1 Å². The van der Waals surface area contributed by atoms with Gasteiger partial charge in [0.05, 0.1) is 18.1 Å². The molecule has 0 N–H and O–H groups in total. The average Bonchev–Trinajstić information content (AvgIpc) is 3.09. The number of hydrogen-bond acceptors (Lipinski definition) is 7. The molecule has 6 nitrogen and oxygen atoms in total. The van der Waals surface area contributed by atoms with Crippen molar-refractivity contribution >= 4 is 50.4 Å². The Labute approximate surface area is 214 Å². The third-order valence-electron chi connectivity index (χ3n) is 5.13. The van der Waals surface area contributed by atoms with E-state index in [4.69, 9.17) is 21.1 Å². The molecule has 35 heavy (non-hydrogen) atoms. The first-order valence-corrected chi connectivity index (χ1v) is 13.5. The molecule has 1 amide bonds. The number of carbonyl (C=O) groups excluding carboxylic acids is 1. The quantitative estimate of drug-likeness (QED) is 0.216. The summed E-state index contributed by atoms with van der Waals surface area (Å²) in [6.07, 6.45) is 1.71. The van der Waals surface area contributed by atoms with Gasteiger partial charge in [0.15, 0.2) is 11.5 Å². The smallest absolute Gasteiger partial charge is 0.339 e. The van der Waals surface area contributed by atoms with E-state index in [1.807, 2.05) is 37.3 Å². The molecule has 0 aromatic heterocycles. The monoisotopic (exact) mass is 525 g/mol. The Bertz CT molecular complexity index is 1380. The maximum Gasteiger partial charge on any atom is 0.339 e. The van der Waals surface area contributed by atoms with Gasteiger partial charge in [0.2, 0.25) is 0 Å². The molecule has 3 aromatic rings. The third kappa shape index (κ3) is 5.93. The number of nitrogens with zero attached hydrogens (tertiary/aromatic N) is 1. The van der Waals surface area contributed by atoms with Gasteiger partial charge in [-0.15, -0.1) is 0 Å². The molecular formula is C26H23NO5S3. The molecule has 0 aliphatic carbocycles. The van der Waals surface area contributed by atoms with E-state index in [0.717, 1.165) is 11.1 Å². The average molecular weight is 526 g/mol. The van der Waals surface area contributed by atoms with Gasteiger partial charge >= 0.3 is 10.1 Å². The van der Waals surface area contributed by atoms with Gasteiger partial charge in [-0.3, -0.25) is 9.69 Å². The fraction of sp³-hybridized carbons (Fsp3) is 0.154. The number of amides is 1. The molecule has 1 aliphatic heterocycles. The lowest BCUT2D eigenvalue weighted by atomic mass is 10.1. The molecule has 0 bridgehead atoms. The Kier molecular flexibility index (Phi) is 7.59. The summed E-state index contributed by atoms with van der Waals surface area (Å²) in [5.74, 6) is 0.155.